The van der Waals surface area contributed by atoms with Crippen molar-refractivity contribution in [1.29, 1.82) is 0 Å². The summed E-state index contributed by atoms with van der Waals surface area (Å²) >= 11 is 5.80. The fourth-order valence-corrected chi connectivity index (χ4v) is 2.22. The summed E-state index contributed by atoms with van der Waals surface area (Å²) in [5.74, 6) is 0. The van der Waals surface area contributed by atoms with Crippen molar-refractivity contribution in [2.24, 2.45) is 0 Å². The third-order valence-electron chi connectivity index (χ3n) is 2.95. The summed E-state index contributed by atoms with van der Waals surface area (Å²) in [6.07, 6.45) is 7.74. The van der Waals surface area contributed by atoms with Crippen LogP contribution in [0.3, 0.4) is 0 Å². The van der Waals surface area contributed by atoms with E-state index in [9.17, 15) is 4.79 Å². The number of aromatic nitrogens is 2. The van der Waals surface area contributed by atoms with E-state index in [1.807, 2.05) is 0 Å². The van der Waals surface area contributed by atoms with Crippen LogP contribution in [-0.4, -0.2) is 22.1 Å². The van der Waals surface area contributed by atoms with Crippen molar-refractivity contribution < 1.29 is 0 Å². The topological polar surface area (TPSA) is 46.9 Å². The first-order chi connectivity index (χ1) is 7.75. The summed E-state index contributed by atoms with van der Waals surface area (Å²) in [4.78, 5) is 15.1. The van der Waals surface area contributed by atoms with Crippen LogP contribution in [0.1, 0.15) is 25.7 Å². The molecule has 0 saturated carbocycles. The van der Waals surface area contributed by atoms with Gasteiger partial charge in [-0.1, -0.05) is 18.0 Å². The average molecular weight is 242 g/mol. The highest BCUT2D eigenvalue weighted by atomic mass is 35.5. The molecule has 88 valence electrons. The van der Waals surface area contributed by atoms with E-state index in [4.69, 9.17) is 11.6 Å². The maximum atomic E-state index is 11.4. The van der Waals surface area contributed by atoms with Crippen molar-refractivity contribution in [3.63, 3.8) is 0 Å². The monoisotopic (exact) mass is 241 g/mol. The molecule has 0 aromatic carbocycles. The van der Waals surface area contributed by atoms with Crippen LogP contribution in [0.2, 0.25) is 5.02 Å². The lowest BCUT2D eigenvalue weighted by Crippen LogP contribution is -2.35. The molecule has 1 N–H and O–H groups in total. The Morgan fingerprint density at radius 1 is 1.56 bits per heavy atom. The third-order valence-corrected chi connectivity index (χ3v) is 3.15. The van der Waals surface area contributed by atoms with Gasteiger partial charge in [0.1, 0.15) is 0 Å². The van der Waals surface area contributed by atoms with Gasteiger partial charge in [0.15, 0.2) is 0 Å². The Hall–Kier alpha value is -0.870. The van der Waals surface area contributed by atoms with Gasteiger partial charge in [-0.3, -0.25) is 4.57 Å². The van der Waals surface area contributed by atoms with Gasteiger partial charge in [0.05, 0.1) is 11.2 Å². The number of piperidine rings is 1. The molecule has 1 aromatic rings. The Kier molecular flexibility index (Phi) is 3.96. The molecule has 1 saturated heterocycles. The van der Waals surface area contributed by atoms with E-state index in [0.717, 1.165) is 13.0 Å². The summed E-state index contributed by atoms with van der Waals surface area (Å²) in [7, 11) is 0. The summed E-state index contributed by atoms with van der Waals surface area (Å²) in [6.45, 7) is 1.78. The number of nitrogens with one attached hydrogen (secondary N) is 1. The lowest BCUT2D eigenvalue weighted by atomic mass is 10.0. The second kappa shape index (κ2) is 5.46. The van der Waals surface area contributed by atoms with E-state index in [-0.39, 0.29) is 5.69 Å². The average Bonchev–Trinajstić information content (AvgIpc) is 2.32. The minimum atomic E-state index is -0.222. The number of hydrogen-bond donors (Lipinski definition) is 1. The molecule has 0 bridgehead atoms. The van der Waals surface area contributed by atoms with E-state index in [0.29, 0.717) is 17.6 Å². The van der Waals surface area contributed by atoms with Crippen molar-refractivity contribution in [2.45, 2.75) is 38.3 Å². The molecule has 0 spiro atoms. The maximum absolute atomic E-state index is 11.4. The predicted octanol–water partition coefficient (Wildman–Crippen LogP) is 1.43. The van der Waals surface area contributed by atoms with Crippen molar-refractivity contribution in [1.82, 2.24) is 14.9 Å². The van der Waals surface area contributed by atoms with Gasteiger partial charge >= 0.3 is 5.69 Å². The van der Waals surface area contributed by atoms with Gasteiger partial charge in [-0.2, -0.15) is 0 Å². The fraction of sp³-hybridized carbons (Fsp3) is 0.636. The van der Waals surface area contributed by atoms with Crippen LogP contribution in [0.4, 0.5) is 0 Å². The molecule has 1 unspecified atom stereocenters. The molecule has 1 aliphatic heterocycles. The van der Waals surface area contributed by atoms with E-state index < -0.39 is 0 Å². The molecule has 1 atom stereocenters. The van der Waals surface area contributed by atoms with Gasteiger partial charge < -0.3 is 5.32 Å². The minimum absolute atomic E-state index is 0.222. The highest BCUT2D eigenvalue weighted by Crippen LogP contribution is 2.11. The SMILES string of the molecule is O=c1ncc(Cl)cn1CCC1CCCCN1. The van der Waals surface area contributed by atoms with Gasteiger partial charge in [-0.15, -0.1) is 0 Å². The smallest absolute Gasteiger partial charge is 0.314 e. The molecular formula is C11H16ClN3O. The molecule has 5 heteroatoms. The number of rotatable bonds is 3. The van der Waals surface area contributed by atoms with Crippen LogP contribution in [0.15, 0.2) is 17.2 Å². The van der Waals surface area contributed by atoms with Gasteiger partial charge in [-0.25, -0.2) is 9.78 Å². The zero-order valence-electron chi connectivity index (χ0n) is 9.16. The van der Waals surface area contributed by atoms with E-state index in [2.05, 4.69) is 10.3 Å². The summed E-state index contributed by atoms with van der Waals surface area (Å²) in [5, 5.41) is 3.97. The first-order valence-corrected chi connectivity index (χ1v) is 6.09. The van der Waals surface area contributed by atoms with Crippen molar-refractivity contribution >= 4 is 11.6 Å². The number of aryl methyl sites for hydroxylation is 1. The predicted molar refractivity (Wildman–Crippen MR) is 63.8 cm³/mol. The van der Waals surface area contributed by atoms with Crippen LogP contribution >= 0.6 is 11.6 Å². The van der Waals surface area contributed by atoms with Crippen molar-refractivity contribution in [2.75, 3.05) is 6.54 Å². The normalized spacial score (nSPS) is 20.9. The molecule has 2 rings (SSSR count). The summed E-state index contributed by atoms with van der Waals surface area (Å²) < 4.78 is 1.58. The molecule has 4 nitrogen and oxygen atoms in total. The molecule has 2 heterocycles. The Balaban J connectivity index is 1.93. The fourth-order valence-electron chi connectivity index (χ4n) is 2.05. The molecule has 1 aromatic heterocycles. The highest BCUT2D eigenvalue weighted by molar-refractivity contribution is 6.30. The maximum Gasteiger partial charge on any atom is 0.347 e. The number of hydrogen-bond acceptors (Lipinski definition) is 3. The largest absolute Gasteiger partial charge is 0.347 e. The van der Waals surface area contributed by atoms with Crippen LogP contribution in [-0.2, 0) is 6.54 Å². The van der Waals surface area contributed by atoms with E-state index in [1.54, 1.807) is 10.8 Å². The standard InChI is InChI=1S/C11H16ClN3O/c12-9-7-14-11(16)15(8-9)6-4-10-3-1-2-5-13-10/h7-8,10,13H,1-6H2. The number of halogens is 1. The van der Waals surface area contributed by atoms with Crippen LogP contribution in [0.25, 0.3) is 0 Å². The van der Waals surface area contributed by atoms with Crippen LogP contribution in [0.5, 0.6) is 0 Å². The van der Waals surface area contributed by atoms with Crippen molar-refractivity contribution in [3.8, 4) is 0 Å². The zero-order chi connectivity index (χ0) is 11.4. The van der Waals surface area contributed by atoms with Gasteiger partial charge in [0.2, 0.25) is 0 Å². The Labute approximate surface area is 99.6 Å². The molecule has 1 aliphatic rings. The molecule has 0 radical (unpaired) electrons. The molecule has 1 fully saturated rings. The Morgan fingerprint density at radius 2 is 2.44 bits per heavy atom. The quantitative estimate of drug-likeness (QED) is 0.871. The van der Waals surface area contributed by atoms with E-state index >= 15 is 0 Å². The van der Waals surface area contributed by atoms with Gasteiger partial charge in [-0.05, 0) is 25.8 Å². The highest BCUT2D eigenvalue weighted by Gasteiger charge is 2.12. The Bertz CT molecular complexity index is 398. The third kappa shape index (κ3) is 3.06. The van der Waals surface area contributed by atoms with Gasteiger partial charge in [0, 0.05) is 18.8 Å². The molecule has 16 heavy (non-hydrogen) atoms. The van der Waals surface area contributed by atoms with E-state index in [1.165, 1.54) is 25.5 Å². The lowest BCUT2D eigenvalue weighted by Gasteiger charge is -2.23. The summed E-state index contributed by atoms with van der Waals surface area (Å²) in [5.41, 5.74) is -0.222. The first kappa shape index (κ1) is 11.6. The van der Waals surface area contributed by atoms with Crippen LogP contribution < -0.4 is 11.0 Å². The lowest BCUT2D eigenvalue weighted by molar-refractivity contribution is 0.364. The molecule has 0 amide bonds. The summed E-state index contributed by atoms with van der Waals surface area (Å²) in [6, 6.07) is 0.527. The second-order valence-corrected chi connectivity index (χ2v) is 4.62. The van der Waals surface area contributed by atoms with Crippen molar-refractivity contribution in [3.05, 3.63) is 27.9 Å². The van der Waals surface area contributed by atoms with Crippen LogP contribution in [0, 0.1) is 0 Å². The Morgan fingerprint density at radius 3 is 3.19 bits per heavy atom. The zero-order valence-corrected chi connectivity index (χ0v) is 9.91. The second-order valence-electron chi connectivity index (χ2n) is 4.18. The minimum Gasteiger partial charge on any atom is -0.314 e. The van der Waals surface area contributed by atoms with Gasteiger partial charge in [0.25, 0.3) is 0 Å². The first-order valence-electron chi connectivity index (χ1n) is 5.71. The number of nitrogens with zero attached hydrogens (tertiary/aromatic N) is 2. The molecule has 0 aliphatic carbocycles. The molecular weight excluding hydrogens is 226 g/mol.